The van der Waals surface area contributed by atoms with Gasteiger partial charge in [-0.3, -0.25) is 14.4 Å². The number of unbranched alkanes of at least 4 members (excludes halogenated alkanes) is 21. The van der Waals surface area contributed by atoms with Crippen LogP contribution in [0.15, 0.2) is 72.9 Å². The summed E-state index contributed by atoms with van der Waals surface area (Å²) in [5, 5.41) is 29.9. The second-order valence-corrected chi connectivity index (χ2v) is 18.0. The zero-order chi connectivity index (χ0) is 48.4. The fourth-order valence-corrected chi connectivity index (χ4v) is 7.26. The smallest absolute Gasteiger partial charge is 0.306 e. The van der Waals surface area contributed by atoms with Gasteiger partial charge in [0.1, 0.15) is 13.2 Å². The van der Waals surface area contributed by atoms with Crippen LogP contribution in [0.5, 0.6) is 0 Å². The first-order valence-electron chi connectivity index (χ1n) is 26.8. The Kier molecular flexibility index (Phi) is 47.2. The van der Waals surface area contributed by atoms with E-state index in [1.165, 1.54) is 0 Å². The van der Waals surface area contributed by atoms with Crippen LogP contribution in [0.4, 0.5) is 0 Å². The van der Waals surface area contributed by atoms with Crippen LogP contribution in [-0.2, 0) is 28.6 Å². The summed E-state index contributed by atoms with van der Waals surface area (Å²) in [6, 6.07) is 0. The van der Waals surface area contributed by atoms with E-state index in [2.05, 4.69) is 39.0 Å². The lowest BCUT2D eigenvalue weighted by molar-refractivity contribution is -0.167. The van der Waals surface area contributed by atoms with Crippen molar-refractivity contribution in [1.29, 1.82) is 0 Å². The Balaban J connectivity index is 4.57. The summed E-state index contributed by atoms with van der Waals surface area (Å²) < 4.78 is 16.7. The summed E-state index contributed by atoms with van der Waals surface area (Å²) in [6.45, 7) is 6.20. The van der Waals surface area contributed by atoms with Gasteiger partial charge in [-0.1, -0.05) is 209 Å². The second kappa shape index (κ2) is 49.6. The van der Waals surface area contributed by atoms with Crippen LogP contribution < -0.4 is 0 Å². The molecule has 9 nitrogen and oxygen atoms in total. The largest absolute Gasteiger partial charge is 0.462 e. The predicted octanol–water partition coefficient (Wildman–Crippen LogP) is 14.3. The molecule has 0 aliphatic rings. The van der Waals surface area contributed by atoms with Gasteiger partial charge in [-0.15, -0.1) is 0 Å². The molecule has 0 aliphatic heterocycles. The lowest BCUT2D eigenvalue weighted by atomic mass is 10.1. The molecule has 3 atom stereocenters. The number of allylic oxidation sites excluding steroid dienone is 9. The maximum atomic E-state index is 12.8. The van der Waals surface area contributed by atoms with Gasteiger partial charge in [0.05, 0.1) is 18.3 Å². The molecule has 9 heteroatoms. The van der Waals surface area contributed by atoms with Crippen molar-refractivity contribution in [1.82, 2.24) is 0 Å². The molecule has 0 aromatic carbocycles. The average molecular weight is 927 g/mol. The lowest BCUT2D eigenvalue weighted by Crippen LogP contribution is -2.30. The fourth-order valence-electron chi connectivity index (χ4n) is 7.26. The number of aliphatic hydroxyl groups excluding tert-OH is 3. The molecule has 0 aromatic heterocycles. The lowest BCUT2D eigenvalue weighted by Gasteiger charge is -2.18. The van der Waals surface area contributed by atoms with E-state index in [0.717, 1.165) is 186 Å². The van der Waals surface area contributed by atoms with Gasteiger partial charge in [-0.25, -0.2) is 0 Å². The minimum atomic E-state index is -0.844. The van der Waals surface area contributed by atoms with E-state index in [1.807, 2.05) is 54.7 Å². The highest BCUT2D eigenvalue weighted by molar-refractivity contribution is 5.71. The van der Waals surface area contributed by atoms with Gasteiger partial charge in [0, 0.05) is 19.3 Å². The summed E-state index contributed by atoms with van der Waals surface area (Å²) in [6.07, 6.45) is 52.5. The van der Waals surface area contributed by atoms with Crippen molar-refractivity contribution in [2.45, 2.75) is 257 Å². The van der Waals surface area contributed by atoms with Gasteiger partial charge in [0.15, 0.2) is 6.10 Å². The standard InChI is InChI=1S/C57H98O9/c1-4-7-31-40-51(58)43-34-25-19-13-10-16-22-28-37-46-55(61)64-49-54(66-57(63)48-39-30-24-18-12-15-21-27-36-45-53(60)42-33-9-6-3)50-65-56(62)47-38-29-23-17-11-14-20-26-35-44-52(59)41-32-8-5-2/h19-21,25-27,34-36,43-45,51-54,58-60H,4-18,22-24,28-33,37-42,46-50H2,1-3H3/b25-19-,26-20-,27-21-,43-34+,44-35+,45-36+. The van der Waals surface area contributed by atoms with Crippen molar-refractivity contribution >= 4 is 17.9 Å². The molecular formula is C57H98O9. The molecular weight excluding hydrogens is 829 g/mol. The summed E-state index contributed by atoms with van der Waals surface area (Å²) in [5.41, 5.74) is 0. The third kappa shape index (κ3) is 47.2. The van der Waals surface area contributed by atoms with E-state index in [9.17, 15) is 29.7 Å². The molecule has 0 aliphatic carbocycles. The Morgan fingerprint density at radius 3 is 1.02 bits per heavy atom. The number of esters is 3. The van der Waals surface area contributed by atoms with E-state index in [0.29, 0.717) is 6.42 Å². The number of rotatable bonds is 47. The summed E-state index contributed by atoms with van der Waals surface area (Å²) >= 11 is 0. The van der Waals surface area contributed by atoms with E-state index < -0.39 is 6.10 Å². The minimum Gasteiger partial charge on any atom is -0.462 e. The number of ether oxygens (including phenoxy) is 3. The normalized spacial score (nSPS) is 14.1. The predicted molar refractivity (Wildman–Crippen MR) is 274 cm³/mol. The Bertz CT molecular complexity index is 1230. The van der Waals surface area contributed by atoms with Crippen molar-refractivity contribution in [3.63, 3.8) is 0 Å². The topological polar surface area (TPSA) is 140 Å². The van der Waals surface area contributed by atoms with Crippen LogP contribution in [-0.4, -0.2) is 70.9 Å². The van der Waals surface area contributed by atoms with E-state index in [-0.39, 0.29) is 68.7 Å². The first-order valence-corrected chi connectivity index (χ1v) is 26.8. The molecule has 0 saturated carbocycles. The van der Waals surface area contributed by atoms with Crippen molar-refractivity contribution in [3.8, 4) is 0 Å². The van der Waals surface area contributed by atoms with Gasteiger partial charge in [0.2, 0.25) is 0 Å². The van der Waals surface area contributed by atoms with Gasteiger partial charge in [0.25, 0.3) is 0 Å². The zero-order valence-corrected chi connectivity index (χ0v) is 42.3. The summed E-state index contributed by atoms with van der Waals surface area (Å²) in [5.74, 6) is -1.07. The molecule has 380 valence electrons. The van der Waals surface area contributed by atoms with Crippen LogP contribution in [0, 0.1) is 0 Å². The first-order chi connectivity index (χ1) is 32.2. The second-order valence-electron chi connectivity index (χ2n) is 18.0. The van der Waals surface area contributed by atoms with Gasteiger partial charge < -0.3 is 29.5 Å². The summed E-state index contributed by atoms with van der Waals surface area (Å²) in [4.78, 5) is 38.0. The van der Waals surface area contributed by atoms with Crippen molar-refractivity contribution in [2.24, 2.45) is 0 Å². The highest BCUT2D eigenvalue weighted by Gasteiger charge is 2.19. The SMILES string of the molecule is CCCCCC(O)/C=C/C=C\CCCCCCCC(=O)OCC(COC(=O)CCCCCCC/C=C\C=C\C(O)CCCCC)OC(=O)CCCCCCC/C=C\C=C\C(O)CCCCC. The van der Waals surface area contributed by atoms with Gasteiger partial charge in [-0.05, 0) is 77.0 Å². The Morgan fingerprint density at radius 1 is 0.379 bits per heavy atom. The van der Waals surface area contributed by atoms with Crippen molar-refractivity contribution in [2.75, 3.05) is 13.2 Å². The molecule has 0 heterocycles. The Hall–Kier alpha value is -3.27. The quantitative estimate of drug-likeness (QED) is 0.0235. The van der Waals surface area contributed by atoms with Crippen LogP contribution in [0.2, 0.25) is 0 Å². The van der Waals surface area contributed by atoms with Crippen LogP contribution in [0.25, 0.3) is 0 Å². The highest BCUT2D eigenvalue weighted by atomic mass is 16.6. The molecule has 0 fully saturated rings. The van der Waals surface area contributed by atoms with E-state index >= 15 is 0 Å². The minimum absolute atomic E-state index is 0.140. The fraction of sp³-hybridized carbons (Fsp3) is 0.737. The molecule has 0 aromatic rings. The number of carbonyl (C=O) groups excluding carboxylic acids is 3. The molecule has 0 radical (unpaired) electrons. The van der Waals surface area contributed by atoms with Crippen LogP contribution >= 0.6 is 0 Å². The molecule has 0 amide bonds. The van der Waals surface area contributed by atoms with Crippen LogP contribution in [0.1, 0.15) is 233 Å². The van der Waals surface area contributed by atoms with Crippen LogP contribution in [0.3, 0.4) is 0 Å². The molecule has 0 rings (SSSR count). The molecule has 0 spiro atoms. The zero-order valence-electron chi connectivity index (χ0n) is 42.3. The molecule has 0 saturated heterocycles. The average Bonchev–Trinajstić information content (AvgIpc) is 3.30. The highest BCUT2D eigenvalue weighted by Crippen LogP contribution is 2.14. The third-order valence-electron chi connectivity index (χ3n) is 11.5. The molecule has 0 bridgehead atoms. The summed E-state index contributed by atoms with van der Waals surface area (Å²) in [7, 11) is 0. The Morgan fingerprint density at radius 2 is 0.682 bits per heavy atom. The number of aliphatic hydroxyl groups is 3. The van der Waals surface area contributed by atoms with Crippen molar-refractivity contribution in [3.05, 3.63) is 72.9 Å². The molecule has 3 N–H and O–H groups in total. The maximum Gasteiger partial charge on any atom is 0.306 e. The first kappa shape index (κ1) is 62.7. The number of hydrogen-bond donors (Lipinski definition) is 3. The van der Waals surface area contributed by atoms with Crippen molar-refractivity contribution < 1.29 is 43.9 Å². The van der Waals surface area contributed by atoms with Gasteiger partial charge >= 0.3 is 17.9 Å². The number of hydrogen-bond acceptors (Lipinski definition) is 9. The molecule has 3 unspecified atom stereocenters. The van der Waals surface area contributed by atoms with E-state index in [4.69, 9.17) is 14.2 Å². The number of carbonyl (C=O) groups is 3. The maximum absolute atomic E-state index is 12.8. The van der Waals surface area contributed by atoms with Gasteiger partial charge in [-0.2, -0.15) is 0 Å². The molecule has 66 heavy (non-hydrogen) atoms. The monoisotopic (exact) mass is 927 g/mol. The van der Waals surface area contributed by atoms with E-state index in [1.54, 1.807) is 0 Å². The third-order valence-corrected chi connectivity index (χ3v) is 11.5. The Labute approximate surface area is 403 Å².